The molecule has 0 spiro atoms. The molecule has 1 aliphatic rings. The van der Waals surface area contributed by atoms with Crippen LogP contribution in [0.5, 0.6) is 5.75 Å². The van der Waals surface area contributed by atoms with E-state index in [1.165, 1.54) is 12.8 Å². The van der Waals surface area contributed by atoms with Crippen molar-refractivity contribution in [2.45, 2.75) is 45.4 Å². The van der Waals surface area contributed by atoms with Gasteiger partial charge in [0.25, 0.3) is 0 Å². The Kier molecular flexibility index (Phi) is 11.9. The van der Waals surface area contributed by atoms with Crippen LogP contribution < -0.4 is 117 Å². The molecule has 1 saturated carbocycles. The van der Waals surface area contributed by atoms with Crippen LogP contribution in [0.2, 0.25) is 0 Å². The predicted octanol–water partition coefficient (Wildman–Crippen LogP) is -3.34. The van der Waals surface area contributed by atoms with Gasteiger partial charge in [-0.2, -0.15) is 0 Å². The third-order valence-electron chi connectivity index (χ3n) is 3.68. The van der Waals surface area contributed by atoms with E-state index in [1.807, 2.05) is 32.0 Å². The van der Waals surface area contributed by atoms with Crippen molar-refractivity contribution >= 4 is 8.60 Å². The summed E-state index contributed by atoms with van der Waals surface area (Å²) in [6.45, 7) is 6.25. The second-order valence-electron chi connectivity index (χ2n) is 5.36. The molecule has 1 fully saturated rings. The summed E-state index contributed by atoms with van der Waals surface area (Å²) in [5, 5.41) is 0. The molecule has 0 aliphatic heterocycles. The molecule has 0 aromatic heterocycles. The zero-order chi connectivity index (χ0) is 13.3. The predicted molar refractivity (Wildman–Crippen MR) is 69.2 cm³/mol. The molecular formula is C14H19K2O3P. The van der Waals surface area contributed by atoms with E-state index in [0.717, 1.165) is 11.1 Å². The van der Waals surface area contributed by atoms with Crippen molar-refractivity contribution < 1.29 is 117 Å². The van der Waals surface area contributed by atoms with Crippen molar-refractivity contribution in [2.75, 3.05) is 0 Å². The minimum Gasteiger partial charge on any atom is -0.810 e. The van der Waals surface area contributed by atoms with Crippen molar-refractivity contribution in [1.82, 2.24) is 0 Å². The molecule has 3 nitrogen and oxygen atoms in total. The van der Waals surface area contributed by atoms with Crippen LogP contribution in [0.1, 0.15) is 56.6 Å². The Labute approximate surface area is 208 Å². The molecular weight excluding hydrogens is 325 g/mol. The summed E-state index contributed by atoms with van der Waals surface area (Å²) < 4.78 is 5.09. The van der Waals surface area contributed by atoms with Gasteiger partial charge in [-0.15, -0.1) is 0 Å². The standard InChI is InChI=1S/C14H19O3P.2K/c1-9(2)12-5-4-6-13(10(3)11-7-8-11)14(12)17-18(15)16;;/h4-6,9-11H,7-8H2,1-3H3;;/q-2;2*+1. The smallest absolute Gasteiger partial charge is 0.810 e. The third-order valence-corrected chi connectivity index (χ3v) is 4.02. The zero-order valence-corrected chi connectivity index (χ0v) is 20.2. The first kappa shape index (κ1) is 22.6. The first-order valence-electron chi connectivity index (χ1n) is 6.46. The topological polar surface area (TPSA) is 55.3 Å². The minimum absolute atomic E-state index is 0. The summed E-state index contributed by atoms with van der Waals surface area (Å²) in [6, 6.07) is 5.93. The molecule has 100 valence electrons. The van der Waals surface area contributed by atoms with Crippen LogP contribution in [0.4, 0.5) is 0 Å². The molecule has 1 atom stereocenters. The molecule has 1 aromatic carbocycles. The summed E-state index contributed by atoms with van der Waals surface area (Å²) >= 11 is 0. The number of hydrogen-bond acceptors (Lipinski definition) is 3. The normalized spacial score (nSPS) is 15.6. The van der Waals surface area contributed by atoms with Crippen LogP contribution in [0.15, 0.2) is 18.2 Å². The molecule has 2 rings (SSSR count). The van der Waals surface area contributed by atoms with Crippen LogP contribution in [0.25, 0.3) is 0 Å². The van der Waals surface area contributed by atoms with Crippen LogP contribution in [0.3, 0.4) is 0 Å². The Morgan fingerprint density at radius 2 is 1.65 bits per heavy atom. The van der Waals surface area contributed by atoms with Gasteiger partial charge in [0.2, 0.25) is 0 Å². The summed E-state index contributed by atoms with van der Waals surface area (Å²) in [7, 11) is -2.86. The van der Waals surface area contributed by atoms with E-state index in [-0.39, 0.29) is 109 Å². The van der Waals surface area contributed by atoms with Crippen LogP contribution >= 0.6 is 8.60 Å². The summed E-state index contributed by atoms with van der Waals surface area (Å²) in [5.74, 6) is 1.86. The molecule has 0 radical (unpaired) electrons. The monoisotopic (exact) mass is 344 g/mol. The average Bonchev–Trinajstić information content (AvgIpc) is 3.11. The molecule has 0 saturated heterocycles. The van der Waals surface area contributed by atoms with E-state index >= 15 is 0 Å². The second-order valence-corrected chi connectivity index (χ2v) is 5.99. The SMILES string of the molecule is CC(C)c1cccc(C(C)C2CC2)c1OP([O-])[O-].[K+].[K+]. The molecule has 1 unspecified atom stereocenters. The Morgan fingerprint density at radius 1 is 1.10 bits per heavy atom. The van der Waals surface area contributed by atoms with Gasteiger partial charge in [-0.25, -0.2) is 0 Å². The van der Waals surface area contributed by atoms with Crippen molar-refractivity contribution in [3.05, 3.63) is 29.3 Å². The Balaban J connectivity index is 0.00000180. The van der Waals surface area contributed by atoms with E-state index in [2.05, 4.69) is 6.92 Å². The minimum atomic E-state index is -2.86. The Morgan fingerprint density at radius 3 is 2.10 bits per heavy atom. The number of rotatable bonds is 5. The maximum absolute atomic E-state index is 10.9. The maximum Gasteiger partial charge on any atom is 1.00 e. The molecule has 0 bridgehead atoms. The third kappa shape index (κ3) is 6.27. The van der Waals surface area contributed by atoms with E-state index < -0.39 is 8.60 Å². The molecule has 6 heteroatoms. The van der Waals surface area contributed by atoms with Gasteiger partial charge in [0.1, 0.15) is 5.75 Å². The van der Waals surface area contributed by atoms with E-state index in [9.17, 15) is 9.79 Å². The van der Waals surface area contributed by atoms with Gasteiger partial charge in [-0.1, -0.05) is 47.6 Å². The van der Waals surface area contributed by atoms with Crippen LogP contribution in [-0.2, 0) is 0 Å². The summed E-state index contributed by atoms with van der Waals surface area (Å²) in [6.07, 6.45) is 2.46. The fourth-order valence-corrected chi connectivity index (χ4v) is 2.78. The molecule has 1 aromatic rings. The van der Waals surface area contributed by atoms with Gasteiger partial charge < -0.3 is 14.3 Å². The van der Waals surface area contributed by atoms with Gasteiger partial charge in [0.15, 0.2) is 0 Å². The fraction of sp³-hybridized carbons (Fsp3) is 0.571. The number of hydrogen-bond donors (Lipinski definition) is 0. The summed E-state index contributed by atoms with van der Waals surface area (Å²) in [5.41, 5.74) is 2.00. The van der Waals surface area contributed by atoms with Gasteiger partial charge in [-0.05, 0) is 41.7 Å². The van der Waals surface area contributed by atoms with Crippen molar-refractivity contribution in [3.8, 4) is 5.75 Å². The molecule has 1 aliphatic carbocycles. The Bertz CT molecular complexity index is 423. The van der Waals surface area contributed by atoms with Gasteiger partial charge in [0, 0.05) is 0 Å². The van der Waals surface area contributed by atoms with Crippen molar-refractivity contribution in [2.24, 2.45) is 5.92 Å². The second kappa shape index (κ2) is 10.5. The summed E-state index contributed by atoms with van der Waals surface area (Å²) in [4.78, 5) is 21.8. The van der Waals surface area contributed by atoms with E-state index in [1.54, 1.807) is 0 Å². The first-order chi connectivity index (χ1) is 8.50. The van der Waals surface area contributed by atoms with Gasteiger partial charge in [-0.3, -0.25) is 0 Å². The van der Waals surface area contributed by atoms with Gasteiger partial charge >= 0.3 is 103 Å². The largest absolute Gasteiger partial charge is 1.00 e. The average molecular weight is 344 g/mol. The van der Waals surface area contributed by atoms with E-state index in [0.29, 0.717) is 17.6 Å². The number of benzene rings is 1. The first-order valence-corrected chi connectivity index (χ1v) is 7.55. The molecule has 20 heavy (non-hydrogen) atoms. The molecule has 0 amide bonds. The molecule has 0 heterocycles. The van der Waals surface area contributed by atoms with E-state index in [4.69, 9.17) is 4.52 Å². The van der Waals surface area contributed by atoms with Crippen molar-refractivity contribution in [1.29, 1.82) is 0 Å². The maximum atomic E-state index is 10.9. The molecule has 0 N–H and O–H groups in total. The zero-order valence-electron chi connectivity index (χ0n) is 13.1. The van der Waals surface area contributed by atoms with Crippen LogP contribution in [0, 0.1) is 5.92 Å². The fourth-order valence-electron chi connectivity index (χ4n) is 2.42. The quantitative estimate of drug-likeness (QED) is 0.415. The van der Waals surface area contributed by atoms with Gasteiger partial charge in [0.05, 0.1) is 0 Å². The van der Waals surface area contributed by atoms with Crippen molar-refractivity contribution in [3.63, 3.8) is 0 Å². The number of para-hydroxylation sites is 1. The van der Waals surface area contributed by atoms with Crippen LogP contribution in [-0.4, -0.2) is 0 Å². The Hall–Kier alpha value is 2.64.